The Kier molecular flexibility index (Phi) is 4.79. The van der Waals surface area contributed by atoms with Crippen LogP contribution >= 0.6 is 12.4 Å². The number of hydrogen-bond donors (Lipinski definition) is 2. The molecule has 0 bridgehead atoms. The monoisotopic (exact) mass is 439 g/mol. The van der Waals surface area contributed by atoms with Gasteiger partial charge in [-0.2, -0.15) is 5.10 Å². The zero-order valence-electron chi connectivity index (χ0n) is 17.5. The lowest BCUT2D eigenvalue weighted by atomic mass is 10.1. The number of halogens is 1. The van der Waals surface area contributed by atoms with E-state index in [9.17, 15) is 4.79 Å². The van der Waals surface area contributed by atoms with E-state index in [1.165, 1.54) is 24.1 Å². The largest absolute Gasteiger partial charge is 0.368 e. The minimum atomic E-state index is -0.138. The third-order valence-electron chi connectivity index (χ3n) is 6.53. The van der Waals surface area contributed by atoms with E-state index in [2.05, 4.69) is 31.7 Å². The highest BCUT2D eigenvalue weighted by molar-refractivity contribution is 6.03. The average molecular weight is 440 g/mol. The number of carbonyl (C=O) groups excluding carboxylic acids is 1. The molecule has 31 heavy (non-hydrogen) atoms. The predicted octanol–water partition coefficient (Wildman–Crippen LogP) is 2.93. The van der Waals surface area contributed by atoms with Gasteiger partial charge in [0.1, 0.15) is 5.82 Å². The lowest BCUT2D eigenvalue weighted by Crippen LogP contribution is -2.52. The van der Waals surface area contributed by atoms with Gasteiger partial charge in [-0.15, -0.1) is 12.4 Å². The van der Waals surface area contributed by atoms with Crippen molar-refractivity contribution in [2.75, 3.05) is 41.3 Å². The molecular weight excluding hydrogens is 414 g/mol. The number of carbonyl (C=O) groups is 1. The summed E-state index contributed by atoms with van der Waals surface area (Å²) in [5.41, 5.74) is 4.42. The summed E-state index contributed by atoms with van der Waals surface area (Å²) in [5.74, 6) is 0.788. The van der Waals surface area contributed by atoms with E-state index in [0.717, 1.165) is 48.5 Å². The maximum atomic E-state index is 13.0. The fourth-order valence-corrected chi connectivity index (χ4v) is 4.83. The number of amides is 2. The van der Waals surface area contributed by atoms with Crippen molar-refractivity contribution in [3.8, 4) is 0 Å². The Balaban J connectivity index is 0.00000204. The summed E-state index contributed by atoms with van der Waals surface area (Å²) < 4.78 is 1.78. The van der Waals surface area contributed by atoms with Gasteiger partial charge in [-0.3, -0.25) is 9.58 Å². The molecule has 162 valence electrons. The molecule has 1 aliphatic carbocycles. The fourth-order valence-electron chi connectivity index (χ4n) is 4.83. The lowest BCUT2D eigenvalue weighted by molar-refractivity contribution is 0.257. The number of anilines is 3. The van der Waals surface area contributed by atoms with Crippen LogP contribution in [0.25, 0.3) is 10.9 Å². The average Bonchev–Trinajstić information content (AvgIpc) is 3.17. The molecule has 2 aliphatic heterocycles. The summed E-state index contributed by atoms with van der Waals surface area (Å²) in [6.45, 7) is 3.70. The molecule has 9 heteroatoms. The molecule has 2 aromatic heterocycles. The molecule has 1 spiro atoms. The molecule has 2 amide bonds. The van der Waals surface area contributed by atoms with Crippen molar-refractivity contribution in [1.29, 1.82) is 0 Å². The molecule has 3 aromatic rings. The third kappa shape index (κ3) is 3.49. The van der Waals surface area contributed by atoms with Crippen LogP contribution in [-0.4, -0.2) is 52.5 Å². The Morgan fingerprint density at radius 1 is 1.23 bits per heavy atom. The summed E-state index contributed by atoms with van der Waals surface area (Å²) in [7, 11) is 1.89. The summed E-state index contributed by atoms with van der Waals surface area (Å²) in [4.78, 5) is 21.9. The molecular formula is C22H26ClN7O. The van der Waals surface area contributed by atoms with Crippen LogP contribution in [0.4, 0.5) is 22.0 Å². The van der Waals surface area contributed by atoms with E-state index in [1.54, 1.807) is 9.58 Å². The van der Waals surface area contributed by atoms with E-state index < -0.39 is 0 Å². The maximum Gasteiger partial charge on any atom is 0.327 e. The fraction of sp³-hybridized carbons (Fsp3) is 0.409. The van der Waals surface area contributed by atoms with Gasteiger partial charge < -0.3 is 15.5 Å². The van der Waals surface area contributed by atoms with Crippen molar-refractivity contribution in [2.45, 2.75) is 24.8 Å². The van der Waals surface area contributed by atoms with Crippen molar-refractivity contribution >= 4 is 46.5 Å². The first kappa shape index (κ1) is 20.1. The minimum Gasteiger partial charge on any atom is -0.368 e. The molecule has 2 N–H and O–H groups in total. The molecule has 6 rings (SSSR count). The predicted molar refractivity (Wildman–Crippen MR) is 124 cm³/mol. The number of fused-ring (bicyclic) bond motifs is 2. The molecule has 0 atom stereocenters. The molecule has 8 nitrogen and oxygen atoms in total. The smallest absolute Gasteiger partial charge is 0.327 e. The van der Waals surface area contributed by atoms with Gasteiger partial charge >= 0.3 is 6.03 Å². The zero-order chi connectivity index (χ0) is 20.3. The van der Waals surface area contributed by atoms with Gasteiger partial charge in [-0.05, 0) is 43.5 Å². The van der Waals surface area contributed by atoms with E-state index in [0.29, 0.717) is 12.1 Å². The second-order valence-corrected chi connectivity index (χ2v) is 8.67. The van der Waals surface area contributed by atoms with Crippen LogP contribution in [0, 0.1) is 0 Å². The van der Waals surface area contributed by atoms with E-state index in [1.807, 2.05) is 37.6 Å². The first-order valence-electron chi connectivity index (χ1n) is 10.6. The van der Waals surface area contributed by atoms with Crippen molar-refractivity contribution in [3.63, 3.8) is 0 Å². The number of hydrogen-bond acceptors (Lipinski definition) is 5. The number of urea groups is 1. The number of nitrogens with zero attached hydrogens (tertiary/aromatic N) is 5. The molecule has 1 saturated heterocycles. The van der Waals surface area contributed by atoms with Gasteiger partial charge in [0.2, 0.25) is 0 Å². The van der Waals surface area contributed by atoms with Crippen LogP contribution < -0.4 is 20.4 Å². The molecule has 1 saturated carbocycles. The SMILES string of the molecule is Cl.Cn1cc2cc(NC(=O)N3CCc4c(N5CCNC6(CC6)C5)ccnc43)ccc2n1. The van der Waals surface area contributed by atoms with E-state index in [4.69, 9.17) is 0 Å². The molecule has 0 unspecified atom stereocenters. The molecule has 4 heterocycles. The minimum absolute atomic E-state index is 0. The van der Waals surface area contributed by atoms with Crippen LogP contribution in [0.2, 0.25) is 0 Å². The summed E-state index contributed by atoms with van der Waals surface area (Å²) in [5, 5.41) is 12.1. The number of rotatable bonds is 2. The van der Waals surface area contributed by atoms with Gasteiger partial charge in [-0.25, -0.2) is 9.78 Å². The van der Waals surface area contributed by atoms with Gasteiger partial charge in [-0.1, -0.05) is 0 Å². The van der Waals surface area contributed by atoms with Crippen molar-refractivity contribution in [1.82, 2.24) is 20.1 Å². The second kappa shape index (κ2) is 7.39. The summed E-state index contributed by atoms with van der Waals surface area (Å²) in [6.07, 6.45) is 7.14. The number of aromatic nitrogens is 3. The Bertz CT molecular complexity index is 1160. The summed E-state index contributed by atoms with van der Waals surface area (Å²) in [6, 6.07) is 7.75. The Labute approximate surface area is 187 Å². The zero-order valence-corrected chi connectivity index (χ0v) is 18.3. The van der Waals surface area contributed by atoms with E-state index in [-0.39, 0.29) is 18.4 Å². The third-order valence-corrected chi connectivity index (χ3v) is 6.53. The van der Waals surface area contributed by atoms with Crippen molar-refractivity contribution < 1.29 is 4.79 Å². The maximum absolute atomic E-state index is 13.0. The van der Waals surface area contributed by atoms with Crippen LogP contribution in [0.3, 0.4) is 0 Å². The standard InChI is InChI=1S/C22H25N7O.ClH/c1-27-13-15-12-16(2-3-18(15)26-27)25-21(30)29-10-5-17-19(4-8-23-20(17)29)28-11-9-24-22(14-28)6-7-22;/h2-4,8,12-13,24H,5-7,9-11,14H2,1H3,(H,25,30);1H. The quantitative estimate of drug-likeness (QED) is 0.642. The van der Waals surface area contributed by atoms with Crippen LogP contribution in [0.5, 0.6) is 0 Å². The number of nitrogens with one attached hydrogen (secondary N) is 2. The molecule has 1 aromatic carbocycles. The van der Waals surface area contributed by atoms with Crippen LogP contribution in [0.1, 0.15) is 18.4 Å². The van der Waals surface area contributed by atoms with Crippen LogP contribution in [-0.2, 0) is 13.5 Å². The normalized spacial score (nSPS) is 18.7. The molecule has 3 aliphatic rings. The second-order valence-electron chi connectivity index (χ2n) is 8.67. The first-order valence-corrected chi connectivity index (χ1v) is 10.6. The van der Waals surface area contributed by atoms with Gasteiger partial charge in [0.05, 0.1) is 5.52 Å². The highest BCUT2D eigenvalue weighted by Gasteiger charge is 2.46. The first-order chi connectivity index (χ1) is 14.6. The number of aryl methyl sites for hydroxylation is 1. The number of piperazine rings is 1. The number of pyridine rings is 1. The van der Waals surface area contributed by atoms with Crippen LogP contribution in [0.15, 0.2) is 36.7 Å². The number of benzene rings is 1. The summed E-state index contributed by atoms with van der Waals surface area (Å²) >= 11 is 0. The Hall–Kier alpha value is -2.84. The van der Waals surface area contributed by atoms with E-state index >= 15 is 0 Å². The van der Waals surface area contributed by atoms with Gasteiger partial charge in [0, 0.05) is 73.5 Å². The lowest BCUT2D eigenvalue weighted by Gasteiger charge is -2.36. The van der Waals surface area contributed by atoms with Crippen molar-refractivity contribution in [2.24, 2.45) is 7.05 Å². The topological polar surface area (TPSA) is 78.3 Å². The highest BCUT2D eigenvalue weighted by Crippen LogP contribution is 2.41. The Morgan fingerprint density at radius 3 is 2.94 bits per heavy atom. The Morgan fingerprint density at radius 2 is 2.10 bits per heavy atom. The van der Waals surface area contributed by atoms with Crippen molar-refractivity contribution in [3.05, 3.63) is 42.2 Å². The molecule has 2 fully saturated rings. The van der Waals surface area contributed by atoms with Gasteiger partial charge in [0.25, 0.3) is 0 Å². The molecule has 0 radical (unpaired) electrons. The van der Waals surface area contributed by atoms with Gasteiger partial charge in [0.15, 0.2) is 0 Å². The highest BCUT2D eigenvalue weighted by atomic mass is 35.5.